The third-order valence-electron chi connectivity index (χ3n) is 2.56. The Bertz CT molecular complexity index is 728. The zero-order valence-corrected chi connectivity index (χ0v) is 13.6. The number of hydrogen-bond acceptors (Lipinski definition) is 4. The number of carbonyl (C=O) groups is 1. The molecule has 0 bridgehead atoms. The van der Waals surface area contributed by atoms with E-state index in [1.165, 1.54) is 12.1 Å². The average molecular weight is 440 g/mol. The predicted octanol–water partition coefficient (Wildman–Crippen LogP) is 3.96. The van der Waals surface area contributed by atoms with Crippen LogP contribution < -0.4 is 5.32 Å². The molecule has 0 aliphatic rings. The fourth-order valence-corrected chi connectivity index (χ4v) is 2.97. The van der Waals surface area contributed by atoms with E-state index >= 15 is 0 Å². The molecule has 0 unspecified atom stereocenters. The molecule has 2 rings (SSSR count). The molecule has 1 amide bonds. The van der Waals surface area contributed by atoms with Crippen molar-refractivity contribution in [3.05, 3.63) is 49.1 Å². The third kappa shape index (κ3) is 3.30. The maximum Gasteiger partial charge on any atom is 0.333 e. The van der Waals surface area contributed by atoms with Crippen LogP contribution in [0.4, 0.5) is 20.2 Å². The summed E-state index contributed by atoms with van der Waals surface area (Å²) in [7, 11) is 0. The maximum absolute atomic E-state index is 12.7. The number of carbonyl (C=O) groups excluding carboxylic acids is 1. The lowest BCUT2D eigenvalue weighted by Gasteiger charge is -2.10. The van der Waals surface area contributed by atoms with Gasteiger partial charge in [0.1, 0.15) is 5.69 Å². The van der Waals surface area contributed by atoms with Gasteiger partial charge in [0.05, 0.1) is 10.6 Å². The fourth-order valence-electron chi connectivity index (χ4n) is 1.61. The van der Waals surface area contributed by atoms with Crippen LogP contribution >= 0.6 is 31.9 Å². The highest BCUT2D eigenvalue weighted by atomic mass is 79.9. The van der Waals surface area contributed by atoms with Gasteiger partial charge in [-0.1, -0.05) is 0 Å². The SMILES string of the molecule is O=C(Nc1c(Br)cc([N+](=O)[O-])cc1Br)c1ccnn1C(F)F. The molecule has 0 spiro atoms. The molecule has 1 aromatic heterocycles. The van der Waals surface area contributed by atoms with Crippen LogP contribution in [0.25, 0.3) is 0 Å². The van der Waals surface area contributed by atoms with E-state index in [0.717, 1.165) is 12.3 Å². The molecule has 1 aromatic carbocycles. The summed E-state index contributed by atoms with van der Waals surface area (Å²) in [5, 5.41) is 16.5. The molecule has 0 aliphatic carbocycles. The first-order valence-electron chi connectivity index (χ1n) is 5.57. The van der Waals surface area contributed by atoms with Gasteiger partial charge < -0.3 is 5.32 Å². The summed E-state index contributed by atoms with van der Waals surface area (Å²) in [6.07, 6.45) is 1.07. The van der Waals surface area contributed by atoms with E-state index in [9.17, 15) is 23.7 Å². The molecule has 0 fully saturated rings. The van der Waals surface area contributed by atoms with E-state index in [0.29, 0.717) is 0 Å². The van der Waals surface area contributed by atoms with Gasteiger partial charge in [-0.15, -0.1) is 0 Å². The Hall–Kier alpha value is -1.88. The number of hydrogen-bond donors (Lipinski definition) is 1. The molecule has 0 aliphatic heterocycles. The lowest BCUT2D eigenvalue weighted by molar-refractivity contribution is -0.385. The summed E-state index contributed by atoms with van der Waals surface area (Å²) in [5.41, 5.74) is -0.362. The van der Waals surface area contributed by atoms with Crippen LogP contribution in [0.2, 0.25) is 0 Å². The Balaban J connectivity index is 2.33. The van der Waals surface area contributed by atoms with Crippen LogP contribution in [0.5, 0.6) is 0 Å². The van der Waals surface area contributed by atoms with Gasteiger partial charge in [0.2, 0.25) is 0 Å². The quantitative estimate of drug-likeness (QED) is 0.576. The van der Waals surface area contributed by atoms with E-state index in [2.05, 4.69) is 42.3 Å². The van der Waals surface area contributed by atoms with Gasteiger partial charge in [-0.25, -0.2) is 0 Å². The van der Waals surface area contributed by atoms with Crippen LogP contribution in [0.3, 0.4) is 0 Å². The van der Waals surface area contributed by atoms with Gasteiger partial charge in [0.25, 0.3) is 11.6 Å². The molecule has 0 radical (unpaired) electrons. The Morgan fingerprint density at radius 3 is 2.45 bits per heavy atom. The summed E-state index contributed by atoms with van der Waals surface area (Å²) in [6.45, 7) is -2.96. The molecule has 1 N–H and O–H groups in total. The third-order valence-corrected chi connectivity index (χ3v) is 3.81. The summed E-state index contributed by atoms with van der Waals surface area (Å²) in [5.74, 6) is -0.826. The van der Waals surface area contributed by atoms with Crippen molar-refractivity contribution < 1.29 is 18.5 Å². The van der Waals surface area contributed by atoms with Crippen molar-refractivity contribution in [3.8, 4) is 0 Å². The predicted molar refractivity (Wildman–Crippen MR) is 79.9 cm³/mol. The van der Waals surface area contributed by atoms with Crippen molar-refractivity contribution in [3.63, 3.8) is 0 Å². The van der Waals surface area contributed by atoms with Crippen LogP contribution in [0, 0.1) is 10.1 Å². The molecular weight excluding hydrogens is 434 g/mol. The average Bonchev–Trinajstić information content (AvgIpc) is 2.91. The van der Waals surface area contributed by atoms with Crippen molar-refractivity contribution in [1.29, 1.82) is 0 Å². The van der Waals surface area contributed by atoms with Gasteiger partial charge in [0.15, 0.2) is 0 Å². The first-order valence-corrected chi connectivity index (χ1v) is 7.16. The second-order valence-electron chi connectivity index (χ2n) is 3.93. The molecule has 2 aromatic rings. The highest BCUT2D eigenvalue weighted by molar-refractivity contribution is 9.11. The zero-order chi connectivity index (χ0) is 16.4. The van der Waals surface area contributed by atoms with Crippen molar-refractivity contribution in [2.24, 2.45) is 0 Å². The Labute approximate surface area is 138 Å². The van der Waals surface area contributed by atoms with E-state index < -0.39 is 17.4 Å². The fraction of sp³-hybridized carbons (Fsp3) is 0.0909. The Morgan fingerprint density at radius 1 is 1.36 bits per heavy atom. The second kappa shape index (κ2) is 6.48. The van der Waals surface area contributed by atoms with Crippen LogP contribution in [-0.2, 0) is 0 Å². The second-order valence-corrected chi connectivity index (χ2v) is 5.64. The number of halogens is 4. The number of benzene rings is 1. The number of nitro groups is 1. The summed E-state index contributed by atoms with van der Waals surface area (Å²) in [6, 6.07) is 3.50. The molecule has 22 heavy (non-hydrogen) atoms. The van der Waals surface area contributed by atoms with Gasteiger partial charge >= 0.3 is 6.55 Å². The highest BCUT2D eigenvalue weighted by Crippen LogP contribution is 2.35. The van der Waals surface area contributed by atoms with E-state index in [4.69, 9.17) is 0 Å². The molecule has 11 heteroatoms. The van der Waals surface area contributed by atoms with Gasteiger partial charge in [0, 0.05) is 27.3 Å². The number of nitro benzene ring substituents is 1. The highest BCUT2D eigenvalue weighted by Gasteiger charge is 2.21. The Morgan fingerprint density at radius 2 is 1.95 bits per heavy atom. The molecule has 1 heterocycles. The number of anilines is 1. The van der Waals surface area contributed by atoms with Crippen LogP contribution in [0.1, 0.15) is 17.0 Å². The van der Waals surface area contributed by atoms with Crippen LogP contribution in [0.15, 0.2) is 33.3 Å². The summed E-state index contributed by atoms with van der Waals surface area (Å²) < 4.78 is 26.1. The summed E-state index contributed by atoms with van der Waals surface area (Å²) in [4.78, 5) is 22.2. The van der Waals surface area contributed by atoms with E-state index in [1.807, 2.05) is 0 Å². The van der Waals surface area contributed by atoms with Crippen molar-refractivity contribution >= 4 is 49.1 Å². The smallest absolute Gasteiger partial charge is 0.319 e. The van der Waals surface area contributed by atoms with Crippen molar-refractivity contribution in [2.75, 3.05) is 5.32 Å². The lowest BCUT2D eigenvalue weighted by atomic mass is 10.2. The number of rotatable bonds is 4. The molecular formula is C11H6Br2F2N4O3. The summed E-state index contributed by atoms with van der Waals surface area (Å²) >= 11 is 6.17. The Kier molecular flexibility index (Phi) is 4.86. The number of nitrogens with one attached hydrogen (secondary N) is 1. The van der Waals surface area contributed by atoms with Crippen molar-refractivity contribution in [2.45, 2.75) is 6.55 Å². The first-order chi connectivity index (χ1) is 10.3. The van der Waals surface area contributed by atoms with E-state index in [1.54, 1.807) is 0 Å². The normalized spacial score (nSPS) is 10.8. The number of aromatic nitrogens is 2. The maximum atomic E-state index is 12.7. The number of non-ortho nitro benzene ring substituents is 1. The molecule has 0 atom stereocenters. The molecule has 116 valence electrons. The molecule has 0 saturated carbocycles. The largest absolute Gasteiger partial charge is 0.333 e. The van der Waals surface area contributed by atoms with Gasteiger partial charge in [-0.2, -0.15) is 18.6 Å². The number of nitrogens with zero attached hydrogens (tertiary/aromatic N) is 3. The topological polar surface area (TPSA) is 90.1 Å². The lowest BCUT2D eigenvalue weighted by Crippen LogP contribution is -2.18. The minimum Gasteiger partial charge on any atom is -0.319 e. The van der Waals surface area contributed by atoms with Crippen LogP contribution in [-0.4, -0.2) is 20.6 Å². The molecule has 7 nitrogen and oxygen atoms in total. The zero-order valence-electron chi connectivity index (χ0n) is 10.5. The van der Waals surface area contributed by atoms with Gasteiger partial charge in [-0.05, 0) is 37.9 Å². The minimum absolute atomic E-state index is 0.178. The monoisotopic (exact) mass is 438 g/mol. The first kappa shape index (κ1) is 16.5. The standard InChI is InChI=1S/C11H6Br2F2N4O3/c12-6-3-5(19(21)22)4-7(13)9(6)17-10(20)8-1-2-16-18(8)11(14)15/h1-4,11H,(H,17,20). The number of alkyl halides is 2. The molecule has 0 saturated heterocycles. The number of amides is 1. The van der Waals surface area contributed by atoms with E-state index in [-0.39, 0.29) is 30.7 Å². The van der Waals surface area contributed by atoms with Crippen molar-refractivity contribution in [1.82, 2.24) is 9.78 Å². The minimum atomic E-state index is -2.96. The van der Waals surface area contributed by atoms with Gasteiger partial charge in [-0.3, -0.25) is 14.9 Å².